The highest BCUT2D eigenvalue weighted by molar-refractivity contribution is 14.0. The molecule has 0 amide bonds. The van der Waals surface area contributed by atoms with E-state index in [1.54, 1.807) is 0 Å². The normalized spacial score (nSPS) is 16.8. The predicted octanol–water partition coefficient (Wildman–Crippen LogP) is 2.78. The third kappa shape index (κ3) is 9.19. The Labute approximate surface area is 176 Å². The zero-order valence-electron chi connectivity index (χ0n) is 16.8. The minimum absolute atomic E-state index is 0. The highest BCUT2D eigenvalue weighted by atomic mass is 127. The molecule has 0 spiro atoms. The summed E-state index contributed by atoms with van der Waals surface area (Å²) >= 11 is 0. The Hall–Kier alpha value is -0.860. The van der Waals surface area contributed by atoms with Crippen LogP contribution in [0.5, 0.6) is 0 Å². The fraction of sp³-hybridized carbons (Fsp3) is 0.650. The topological polar surface area (TPSA) is 42.9 Å². The fourth-order valence-corrected chi connectivity index (χ4v) is 3.06. The van der Waals surface area contributed by atoms with Gasteiger partial charge in [-0.1, -0.05) is 30.3 Å². The molecule has 1 aliphatic heterocycles. The van der Waals surface area contributed by atoms with Gasteiger partial charge in [-0.05, 0) is 39.3 Å². The van der Waals surface area contributed by atoms with Crippen molar-refractivity contribution in [2.24, 2.45) is 4.99 Å². The number of piperazine rings is 1. The third-order valence-corrected chi connectivity index (χ3v) is 4.37. The van der Waals surface area contributed by atoms with E-state index in [0.29, 0.717) is 0 Å². The Bertz CT molecular complexity index is 519. The first-order chi connectivity index (χ1) is 12.0. The van der Waals surface area contributed by atoms with E-state index in [1.807, 2.05) is 7.05 Å². The zero-order valence-corrected chi connectivity index (χ0v) is 19.1. The number of aliphatic imine (C=N–C) groups is 1. The van der Waals surface area contributed by atoms with Crippen LogP contribution >= 0.6 is 24.0 Å². The monoisotopic (exact) mass is 473 g/mol. The van der Waals surface area contributed by atoms with E-state index in [4.69, 9.17) is 0 Å². The van der Waals surface area contributed by atoms with Gasteiger partial charge in [0.15, 0.2) is 5.96 Å². The van der Waals surface area contributed by atoms with Gasteiger partial charge in [-0.15, -0.1) is 24.0 Å². The number of benzene rings is 1. The van der Waals surface area contributed by atoms with Crippen LogP contribution in [0.15, 0.2) is 35.3 Å². The molecule has 1 heterocycles. The summed E-state index contributed by atoms with van der Waals surface area (Å²) in [4.78, 5) is 9.41. The van der Waals surface area contributed by atoms with E-state index in [1.165, 1.54) is 18.7 Å². The van der Waals surface area contributed by atoms with Crippen molar-refractivity contribution in [2.75, 3.05) is 46.3 Å². The van der Waals surface area contributed by atoms with Crippen molar-refractivity contribution in [2.45, 2.75) is 39.3 Å². The molecule has 148 valence electrons. The van der Waals surface area contributed by atoms with Crippen LogP contribution in [0.25, 0.3) is 0 Å². The molecule has 1 saturated heterocycles. The molecule has 0 atom stereocenters. The SMILES string of the molecule is CN=C(NCCCN1CCN(Cc2ccccc2)CC1)NC(C)(C)C.I. The first kappa shape index (κ1) is 23.2. The van der Waals surface area contributed by atoms with Crippen molar-refractivity contribution in [1.29, 1.82) is 0 Å². The van der Waals surface area contributed by atoms with Gasteiger partial charge < -0.3 is 15.5 Å². The molecule has 2 rings (SSSR count). The maximum absolute atomic E-state index is 4.28. The summed E-state index contributed by atoms with van der Waals surface area (Å²) in [6, 6.07) is 10.8. The standard InChI is InChI=1S/C20H35N5.HI/c1-20(2,3)23-19(21-4)22-11-8-12-24-13-15-25(16-14-24)17-18-9-6-5-7-10-18;/h5-7,9-10H,8,11-17H2,1-4H3,(H2,21,22,23);1H. The zero-order chi connectivity index (χ0) is 18.1. The second kappa shape index (κ2) is 11.8. The minimum Gasteiger partial charge on any atom is -0.356 e. The summed E-state index contributed by atoms with van der Waals surface area (Å²) in [5.74, 6) is 0.889. The molecule has 0 unspecified atom stereocenters. The summed E-state index contributed by atoms with van der Waals surface area (Å²) in [7, 11) is 1.83. The van der Waals surface area contributed by atoms with E-state index in [2.05, 4.69) is 76.5 Å². The Morgan fingerprint density at radius 1 is 1.04 bits per heavy atom. The van der Waals surface area contributed by atoms with Crippen molar-refractivity contribution in [1.82, 2.24) is 20.4 Å². The number of hydrogen-bond donors (Lipinski definition) is 2. The fourth-order valence-electron chi connectivity index (χ4n) is 3.06. The van der Waals surface area contributed by atoms with Gasteiger partial charge in [-0.25, -0.2) is 0 Å². The lowest BCUT2D eigenvalue weighted by molar-refractivity contribution is 0.126. The summed E-state index contributed by atoms with van der Waals surface area (Å²) in [6.07, 6.45) is 1.14. The molecule has 0 radical (unpaired) electrons. The van der Waals surface area contributed by atoms with Gasteiger partial charge in [0.1, 0.15) is 0 Å². The van der Waals surface area contributed by atoms with Crippen LogP contribution < -0.4 is 10.6 Å². The summed E-state index contributed by atoms with van der Waals surface area (Å²) in [5, 5.41) is 6.80. The van der Waals surface area contributed by atoms with E-state index in [9.17, 15) is 0 Å². The van der Waals surface area contributed by atoms with Crippen LogP contribution in [0.2, 0.25) is 0 Å². The number of nitrogens with one attached hydrogen (secondary N) is 2. The second-order valence-corrected chi connectivity index (χ2v) is 7.83. The van der Waals surface area contributed by atoms with Gasteiger partial charge in [0.25, 0.3) is 0 Å². The maximum Gasteiger partial charge on any atom is 0.191 e. The number of halogens is 1. The van der Waals surface area contributed by atoms with Gasteiger partial charge in [-0.2, -0.15) is 0 Å². The second-order valence-electron chi connectivity index (χ2n) is 7.83. The molecule has 0 saturated carbocycles. The third-order valence-electron chi connectivity index (χ3n) is 4.37. The number of guanidine groups is 1. The Morgan fingerprint density at radius 3 is 2.23 bits per heavy atom. The Kier molecular flexibility index (Phi) is 10.5. The van der Waals surface area contributed by atoms with Gasteiger partial charge in [-0.3, -0.25) is 9.89 Å². The van der Waals surface area contributed by atoms with Crippen molar-refractivity contribution in [3.8, 4) is 0 Å². The Morgan fingerprint density at radius 2 is 1.65 bits per heavy atom. The molecule has 0 bridgehead atoms. The van der Waals surface area contributed by atoms with Crippen LogP contribution in [0, 0.1) is 0 Å². The van der Waals surface area contributed by atoms with Crippen molar-refractivity contribution in [3.05, 3.63) is 35.9 Å². The minimum atomic E-state index is 0. The first-order valence-corrected chi connectivity index (χ1v) is 9.44. The van der Waals surface area contributed by atoms with Crippen LogP contribution in [0.1, 0.15) is 32.8 Å². The van der Waals surface area contributed by atoms with Gasteiger partial charge in [0.05, 0.1) is 0 Å². The molecular formula is C20H36IN5. The summed E-state index contributed by atoms with van der Waals surface area (Å²) < 4.78 is 0. The Balaban J connectivity index is 0.00000338. The largest absolute Gasteiger partial charge is 0.356 e. The molecule has 1 fully saturated rings. The van der Waals surface area contributed by atoms with Crippen molar-refractivity contribution in [3.63, 3.8) is 0 Å². The highest BCUT2D eigenvalue weighted by Crippen LogP contribution is 2.08. The van der Waals surface area contributed by atoms with E-state index >= 15 is 0 Å². The maximum atomic E-state index is 4.28. The van der Waals surface area contributed by atoms with E-state index in [-0.39, 0.29) is 29.5 Å². The van der Waals surface area contributed by atoms with Crippen molar-refractivity contribution < 1.29 is 0 Å². The molecule has 2 N–H and O–H groups in total. The summed E-state index contributed by atoms with van der Waals surface area (Å²) in [6.45, 7) is 14.3. The quantitative estimate of drug-likeness (QED) is 0.289. The first-order valence-electron chi connectivity index (χ1n) is 9.44. The number of nitrogens with zero attached hydrogens (tertiary/aromatic N) is 3. The van der Waals surface area contributed by atoms with Gasteiger partial charge in [0.2, 0.25) is 0 Å². The van der Waals surface area contributed by atoms with Crippen LogP contribution in [0.3, 0.4) is 0 Å². The van der Waals surface area contributed by atoms with Crippen molar-refractivity contribution >= 4 is 29.9 Å². The highest BCUT2D eigenvalue weighted by Gasteiger charge is 2.16. The molecule has 1 aromatic rings. The van der Waals surface area contributed by atoms with E-state index < -0.39 is 0 Å². The van der Waals surface area contributed by atoms with Gasteiger partial charge in [0, 0.05) is 51.9 Å². The number of hydrogen-bond acceptors (Lipinski definition) is 3. The molecule has 1 aromatic carbocycles. The lowest BCUT2D eigenvalue weighted by atomic mass is 10.1. The summed E-state index contributed by atoms with van der Waals surface area (Å²) in [5.41, 5.74) is 1.45. The number of rotatable bonds is 6. The lowest BCUT2D eigenvalue weighted by Crippen LogP contribution is -2.49. The average Bonchev–Trinajstić information content (AvgIpc) is 2.59. The average molecular weight is 473 g/mol. The molecular weight excluding hydrogens is 437 g/mol. The molecule has 5 nitrogen and oxygen atoms in total. The van der Waals surface area contributed by atoms with E-state index in [0.717, 1.165) is 45.1 Å². The smallest absolute Gasteiger partial charge is 0.191 e. The molecule has 26 heavy (non-hydrogen) atoms. The molecule has 0 aliphatic carbocycles. The predicted molar refractivity (Wildman–Crippen MR) is 122 cm³/mol. The molecule has 1 aliphatic rings. The lowest BCUT2D eigenvalue weighted by Gasteiger charge is -2.34. The molecule has 6 heteroatoms. The van der Waals surface area contributed by atoms with Crippen LogP contribution in [-0.4, -0.2) is 67.6 Å². The van der Waals surface area contributed by atoms with Crippen LogP contribution in [-0.2, 0) is 6.54 Å². The van der Waals surface area contributed by atoms with Gasteiger partial charge >= 0.3 is 0 Å². The van der Waals surface area contributed by atoms with Crippen LogP contribution in [0.4, 0.5) is 0 Å². The molecule has 0 aromatic heterocycles.